The Labute approximate surface area is 128 Å². The number of carbonyl (C=O) groups is 1. The average Bonchev–Trinajstić information content (AvgIpc) is 2.52. The molecule has 0 aromatic carbocycles. The Morgan fingerprint density at radius 1 is 1.21 bits per heavy atom. The van der Waals surface area contributed by atoms with Crippen LogP contribution in [0, 0.1) is 0 Å². The third-order valence-corrected chi connectivity index (χ3v) is 4.12. The van der Waals surface area contributed by atoms with Crippen LogP contribution in [0.5, 0.6) is 0 Å². The molecule has 0 N–H and O–H groups in total. The van der Waals surface area contributed by atoms with Gasteiger partial charge in [-0.05, 0) is 46.8 Å². The van der Waals surface area contributed by atoms with Gasteiger partial charge in [-0.1, -0.05) is 0 Å². The summed E-state index contributed by atoms with van der Waals surface area (Å²) in [6, 6.07) is 1.28. The lowest BCUT2D eigenvalue weighted by atomic mass is 10.0. The van der Waals surface area contributed by atoms with Crippen LogP contribution in [0.3, 0.4) is 0 Å². The topological polar surface area (TPSA) is 32.8 Å². The Morgan fingerprint density at radius 3 is 2.21 bits per heavy atom. The number of esters is 1. The zero-order valence-corrected chi connectivity index (χ0v) is 13.6. The highest BCUT2D eigenvalue weighted by molar-refractivity contribution is 5.85. The first-order valence-electron chi connectivity index (χ1n) is 6.62. The van der Waals surface area contributed by atoms with Crippen molar-refractivity contribution >= 4 is 30.8 Å². The van der Waals surface area contributed by atoms with E-state index in [9.17, 15) is 4.79 Å². The van der Waals surface area contributed by atoms with Gasteiger partial charge in [0.05, 0.1) is 6.42 Å². The van der Waals surface area contributed by atoms with Gasteiger partial charge in [0, 0.05) is 18.6 Å². The van der Waals surface area contributed by atoms with Crippen LogP contribution in [0.2, 0.25) is 0 Å². The van der Waals surface area contributed by atoms with Crippen LogP contribution in [0.4, 0.5) is 0 Å². The van der Waals surface area contributed by atoms with Gasteiger partial charge in [-0.3, -0.25) is 4.79 Å². The van der Waals surface area contributed by atoms with E-state index < -0.39 is 0 Å². The fraction of sp³-hybridized carbons (Fsp3) is 0.923. The van der Waals surface area contributed by atoms with Crippen molar-refractivity contribution in [2.75, 3.05) is 27.7 Å². The molecule has 3 atom stereocenters. The Morgan fingerprint density at radius 2 is 1.74 bits per heavy atom. The Kier molecular flexibility index (Phi) is 8.29. The van der Waals surface area contributed by atoms with E-state index >= 15 is 0 Å². The third kappa shape index (κ3) is 5.10. The first-order valence-corrected chi connectivity index (χ1v) is 6.62. The number of ether oxygens (including phenoxy) is 1. The first-order chi connectivity index (χ1) is 8.06. The fourth-order valence-electron chi connectivity index (χ4n) is 3.02. The van der Waals surface area contributed by atoms with Crippen LogP contribution >= 0.6 is 24.8 Å². The van der Waals surface area contributed by atoms with Crippen molar-refractivity contribution in [1.29, 1.82) is 0 Å². The van der Waals surface area contributed by atoms with Crippen LogP contribution < -0.4 is 0 Å². The number of carbonyl (C=O) groups excluding carboxylic acids is 1. The van der Waals surface area contributed by atoms with E-state index in [1.54, 1.807) is 0 Å². The average molecular weight is 313 g/mol. The van der Waals surface area contributed by atoms with Crippen LogP contribution in [0.1, 0.15) is 32.1 Å². The largest absolute Gasteiger partial charge is 0.462 e. The molecule has 6 heteroatoms. The second-order valence-electron chi connectivity index (χ2n) is 5.69. The number of piperidine rings is 1. The van der Waals surface area contributed by atoms with Gasteiger partial charge < -0.3 is 14.5 Å². The van der Waals surface area contributed by atoms with Gasteiger partial charge in [-0.15, -0.1) is 24.8 Å². The summed E-state index contributed by atoms with van der Waals surface area (Å²) in [5.41, 5.74) is 0. The maximum absolute atomic E-state index is 11.7. The lowest BCUT2D eigenvalue weighted by Gasteiger charge is -2.35. The minimum absolute atomic E-state index is 0. The Hall–Kier alpha value is -0.0300. The molecule has 0 aromatic heterocycles. The molecule has 2 bridgehead atoms. The molecule has 2 rings (SSSR count). The highest BCUT2D eigenvalue weighted by Crippen LogP contribution is 2.35. The fourth-order valence-corrected chi connectivity index (χ4v) is 3.02. The maximum Gasteiger partial charge on any atom is 0.307 e. The predicted molar refractivity (Wildman–Crippen MR) is 81.4 cm³/mol. The molecule has 2 aliphatic rings. The number of rotatable bonds is 4. The van der Waals surface area contributed by atoms with Crippen molar-refractivity contribution in [2.45, 2.75) is 50.3 Å². The van der Waals surface area contributed by atoms with Gasteiger partial charge in [0.1, 0.15) is 6.10 Å². The lowest BCUT2D eigenvalue weighted by molar-refractivity contribution is -0.152. The van der Waals surface area contributed by atoms with Gasteiger partial charge in [0.2, 0.25) is 0 Å². The van der Waals surface area contributed by atoms with Crippen molar-refractivity contribution in [3.63, 3.8) is 0 Å². The summed E-state index contributed by atoms with van der Waals surface area (Å²) in [7, 11) is 6.15. The molecule has 2 heterocycles. The Balaban J connectivity index is 0.00000162. The number of halogens is 2. The molecule has 0 radical (unpaired) electrons. The molecule has 0 aromatic rings. The predicted octanol–water partition coefficient (Wildman–Crippen LogP) is 1.95. The van der Waals surface area contributed by atoms with Crippen LogP contribution in [0.25, 0.3) is 0 Å². The molecular formula is C13H26Cl2N2O2. The van der Waals surface area contributed by atoms with Gasteiger partial charge in [0.25, 0.3) is 0 Å². The molecule has 2 aliphatic heterocycles. The molecule has 0 saturated carbocycles. The third-order valence-electron chi connectivity index (χ3n) is 4.12. The van der Waals surface area contributed by atoms with Crippen molar-refractivity contribution < 1.29 is 9.53 Å². The molecule has 1 unspecified atom stereocenters. The van der Waals surface area contributed by atoms with Crippen molar-refractivity contribution in [1.82, 2.24) is 9.80 Å². The van der Waals surface area contributed by atoms with E-state index in [4.69, 9.17) is 4.74 Å². The molecular weight excluding hydrogens is 287 g/mol. The van der Waals surface area contributed by atoms with Gasteiger partial charge >= 0.3 is 5.97 Å². The summed E-state index contributed by atoms with van der Waals surface area (Å²) >= 11 is 0. The highest BCUT2D eigenvalue weighted by Gasteiger charge is 2.39. The van der Waals surface area contributed by atoms with Crippen molar-refractivity contribution in [2.24, 2.45) is 0 Å². The molecule has 19 heavy (non-hydrogen) atoms. The monoisotopic (exact) mass is 312 g/mol. The van der Waals surface area contributed by atoms with Gasteiger partial charge in [-0.25, -0.2) is 0 Å². The normalized spacial score (nSPS) is 29.6. The number of hydrogen-bond donors (Lipinski definition) is 0. The quantitative estimate of drug-likeness (QED) is 0.743. The second-order valence-corrected chi connectivity index (χ2v) is 5.69. The number of nitrogens with zero attached hydrogens (tertiary/aromatic N) is 2. The standard InChI is InChI=1S/C13H24N2O2.2ClH/c1-14(2)7-6-13(16)17-12-8-10-4-5-11(9-12)15(10)3;;/h10-12H,4-9H2,1-3H3;2*1H/t10-,11+,12?;;. The SMILES string of the molecule is CN(C)CCC(=O)OC1C[C@H]2CC[C@@H](C1)N2C.Cl.Cl. The zero-order chi connectivity index (χ0) is 12.4. The zero-order valence-electron chi connectivity index (χ0n) is 12.0. The van der Waals surface area contributed by atoms with E-state index in [0.717, 1.165) is 19.4 Å². The molecule has 0 aliphatic carbocycles. The summed E-state index contributed by atoms with van der Waals surface area (Å²) in [6.45, 7) is 0.776. The van der Waals surface area contributed by atoms with E-state index in [1.807, 2.05) is 19.0 Å². The van der Waals surface area contributed by atoms with E-state index in [-0.39, 0.29) is 36.9 Å². The van der Waals surface area contributed by atoms with E-state index in [1.165, 1.54) is 12.8 Å². The molecule has 4 nitrogen and oxygen atoms in total. The summed E-state index contributed by atoms with van der Waals surface area (Å²) in [4.78, 5) is 16.1. The first kappa shape index (κ1) is 19.0. The minimum Gasteiger partial charge on any atom is -0.462 e. The van der Waals surface area contributed by atoms with E-state index in [2.05, 4.69) is 11.9 Å². The highest BCUT2D eigenvalue weighted by atomic mass is 35.5. The molecule has 114 valence electrons. The maximum atomic E-state index is 11.7. The van der Waals surface area contributed by atoms with Crippen molar-refractivity contribution in [3.8, 4) is 0 Å². The van der Waals surface area contributed by atoms with Crippen LogP contribution in [-0.4, -0.2) is 61.6 Å². The minimum atomic E-state index is -0.0346. The summed E-state index contributed by atoms with van der Waals surface area (Å²) < 4.78 is 5.58. The lowest BCUT2D eigenvalue weighted by Crippen LogP contribution is -2.43. The van der Waals surface area contributed by atoms with Gasteiger partial charge in [-0.2, -0.15) is 0 Å². The number of fused-ring (bicyclic) bond motifs is 2. The number of hydrogen-bond acceptors (Lipinski definition) is 4. The second kappa shape index (κ2) is 8.30. The van der Waals surface area contributed by atoms with Gasteiger partial charge in [0.15, 0.2) is 0 Å². The van der Waals surface area contributed by atoms with Crippen LogP contribution in [-0.2, 0) is 9.53 Å². The molecule has 2 fully saturated rings. The summed E-state index contributed by atoms with van der Waals surface area (Å²) in [5, 5.41) is 0. The van der Waals surface area contributed by atoms with Crippen LogP contribution in [0.15, 0.2) is 0 Å². The Bertz CT molecular complexity index is 276. The molecule has 0 spiro atoms. The smallest absolute Gasteiger partial charge is 0.307 e. The molecule has 0 amide bonds. The van der Waals surface area contributed by atoms with E-state index in [0.29, 0.717) is 18.5 Å². The summed E-state index contributed by atoms with van der Waals surface area (Å²) in [5.74, 6) is -0.0346. The summed E-state index contributed by atoms with van der Waals surface area (Å²) in [6.07, 6.45) is 5.27. The molecule has 2 saturated heterocycles. The van der Waals surface area contributed by atoms with Crippen molar-refractivity contribution in [3.05, 3.63) is 0 Å².